The smallest absolute Gasteiger partial charge is 0.225 e. The second kappa shape index (κ2) is 7.68. The Kier molecular flexibility index (Phi) is 5.36. The predicted molar refractivity (Wildman–Crippen MR) is 96.4 cm³/mol. The summed E-state index contributed by atoms with van der Waals surface area (Å²) < 4.78 is 5.36. The van der Waals surface area contributed by atoms with Crippen molar-refractivity contribution in [3.63, 3.8) is 0 Å². The van der Waals surface area contributed by atoms with Crippen molar-refractivity contribution in [1.29, 1.82) is 0 Å². The molecule has 0 spiro atoms. The Morgan fingerprint density at radius 3 is 2.92 bits per heavy atom. The highest BCUT2D eigenvalue weighted by atomic mass is 16.3. The lowest BCUT2D eigenvalue weighted by molar-refractivity contribution is -0.126. The van der Waals surface area contributed by atoms with Crippen LogP contribution in [0.15, 0.2) is 29.0 Å². The van der Waals surface area contributed by atoms with Crippen molar-refractivity contribution in [3.8, 4) is 0 Å². The molecule has 1 aliphatic rings. The molecule has 0 aromatic carbocycles. The van der Waals surface area contributed by atoms with Crippen molar-refractivity contribution in [2.45, 2.75) is 46.1 Å². The van der Waals surface area contributed by atoms with Gasteiger partial charge in [-0.15, -0.1) is 0 Å². The first-order chi connectivity index (χ1) is 12.1. The van der Waals surface area contributed by atoms with Gasteiger partial charge in [-0.3, -0.25) is 4.79 Å². The molecule has 0 bridgehead atoms. The van der Waals surface area contributed by atoms with Crippen LogP contribution in [0.5, 0.6) is 0 Å². The molecule has 0 aliphatic heterocycles. The fourth-order valence-electron chi connectivity index (χ4n) is 3.32. The Morgan fingerprint density at radius 2 is 2.24 bits per heavy atom. The van der Waals surface area contributed by atoms with Crippen molar-refractivity contribution in [2.75, 3.05) is 18.0 Å². The van der Waals surface area contributed by atoms with E-state index >= 15 is 0 Å². The molecule has 0 saturated carbocycles. The maximum Gasteiger partial charge on any atom is 0.225 e. The summed E-state index contributed by atoms with van der Waals surface area (Å²) in [4.78, 5) is 23.9. The van der Waals surface area contributed by atoms with Gasteiger partial charge in [0.05, 0.1) is 12.3 Å². The molecular formula is C19H26N4O2. The fourth-order valence-corrected chi connectivity index (χ4v) is 3.32. The first-order valence-corrected chi connectivity index (χ1v) is 9.05. The van der Waals surface area contributed by atoms with Gasteiger partial charge in [-0.05, 0) is 57.7 Å². The van der Waals surface area contributed by atoms with Crippen LogP contribution < -0.4 is 10.2 Å². The second-order valence-electron chi connectivity index (χ2n) is 6.50. The standard InChI is InChI=1S/C19H26N4O2/c1-4-23(5-2)19-20-12-15-11-14(8-9-16(15)22-19)18(24)21-13(3)17-7-6-10-25-17/h6-7,10,12-14H,4-5,8-9,11H2,1-3H3,(H,21,24). The van der Waals surface area contributed by atoms with E-state index in [0.717, 1.165) is 48.9 Å². The quantitative estimate of drug-likeness (QED) is 0.874. The zero-order valence-corrected chi connectivity index (χ0v) is 15.2. The van der Waals surface area contributed by atoms with Gasteiger partial charge in [0.15, 0.2) is 0 Å². The number of aryl methyl sites for hydroxylation is 1. The minimum absolute atomic E-state index is 0.0344. The number of amides is 1. The molecule has 0 radical (unpaired) electrons. The second-order valence-corrected chi connectivity index (χ2v) is 6.50. The van der Waals surface area contributed by atoms with Gasteiger partial charge in [0, 0.05) is 30.9 Å². The van der Waals surface area contributed by atoms with Gasteiger partial charge in [-0.25, -0.2) is 9.97 Å². The molecule has 0 saturated heterocycles. The molecule has 6 heteroatoms. The molecule has 3 rings (SSSR count). The molecule has 25 heavy (non-hydrogen) atoms. The highest BCUT2D eigenvalue weighted by molar-refractivity contribution is 5.79. The highest BCUT2D eigenvalue weighted by Crippen LogP contribution is 2.26. The Hall–Kier alpha value is -2.37. The summed E-state index contributed by atoms with van der Waals surface area (Å²) in [5.74, 6) is 1.60. The van der Waals surface area contributed by atoms with E-state index in [0.29, 0.717) is 6.42 Å². The molecule has 6 nitrogen and oxygen atoms in total. The Bertz CT molecular complexity index is 710. The number of nitrogens with one attached hydrogen (secondary N) is 1. The molecule has 1 aliphatic carbocycles. The number of carbonyl (C=O) groups excluding carboxylic acids is 1. The van der Waals surface area contributed by atoms with Crippen molar-refractivity contribution >= 4 is 11.9 Å². The lowest BCUT2D eigenvalue weighted by atomic mass is 9.86. The van der Waals surface area contributed by atoms with E-state index in [1.165, 1.54) is 0 Å². The summed E-state index contributed by atoms with van der Waals surface area (Å²) in [5.41, 5.74) is 2.17. The Morgan fingerprint density at radius 1 is 1.44 bits per heavy atom. The van der Waals surface area contributed by atoms with Crippen LogP contribution in [-0.4, -0.2) is 29.0 Å². The minimum Gasteiger partial charge on any atom is -0.467 e. The third kappa shape index (κ3) is 3.83. The summed E-state index contributed by atoms with van der Waals surface area (Å²) in [6.07, 6.45) is 5.85. The molecule has 1 N–H and O–H groups in total. The topological polar surface area (TPSA) is 71.3 Å². The fraction of sp³-hybridized carbons (Fsp3) is 0.526. The van der Waals surface area contributed by atoms with Gasteiger partial charge in [0.2, 0.25) is 11.9 Å². The number of nitrogens with zero attached hydrogens (tertiary/aromatic N) is 3. The van der Waals surface area contributed by atoms with E-state index in [1.54, 1.807) is 6.26 Å². The summed E-state index contributed by atoms with van der Waals surface area (Å²) >= 11 is 0. The molecule has 2 aromatic heterocycles. The molecule has 134 valence electrons. The summed E-state index contributed by atoms with van der Waals surface area (Å²) in [6, 6.07) is 3.59. The third-order valence-electron chi connectivity index (χ3n) is 4.88. The predicted octanol–water partition coefficient (Wildman–Crippen LogP) is 2.90. The SMILES string of the molecule is CCN(CC)c1ncc2c(n1)CCC(C(=O)NC(C)c1ccco1)C2. The van der Waals surface area contributed by atoms with E-state index in [2.05, 4.69) is 29.0 Å². The number of hydrogen-bond acceptors (Lipinski definition) is 5. The lowest BCUT2D eigenvalue weighted by Crippen LogP contribution is -2.36. The number of fused-ring (bicyclic) bond motifs is 1. The average Bonchev–Trinajstić information content (AvgIpc) is 3.17. The number of anilines is 1. The first-order valence-electron chi connectivity index (χ1n) is 9.05. The molecule has 2 aromatic rings. The molecular weight excluding hydrogens is 316 g/mol. The molecule has 2 atom stereocenters. The van der Waals surface area contributed by atoms with Gasteiger partial charge in [-0.2, -0.15) is 0 Å². The largest absolute Gasteiger partial charge is 0.467 e. The molecule has 2 unspecified atom stereocenters. The Labute approximate surface area is 148 Å². The Balaban J connectivity index is 1.65. The molecule has 1 amide bonds. The highest BCUT2D eigenvalue weighted by Gasteiger charge is 2.27. The van der Waals surface area contributed by atoms with E-state index in [9.17, 15) is 4.79 Å². The zero-order valence-electron chi connectivity index (χ0n) is 15.2. The molecule has 0 fully saturated rings. The van der Waals surface area contributed by atoms with Gasteiger partial charge >= 0.3 is 0 Å². The van der Waals surface area contributed by atoms with E-state index in [4.69, 9.17) is 9.40 Å². The van der Waals surface area contributed by atoms with Crippen LogP contribution in [0, 0.1) is 5.92 Å². The van der Waals surface area contributed by atoms with Crippen molar-refractivity contribution in [2.24, 2.45) is 5.92 Å². The van der Waals surface area contributed by atoms with E-state index in [1.807, 2.05) is 25.3 Å². The van der Waals surface area contributed by atoms with E-state index < -0.39 is 0 Å². The van der Waals surface area contributed by atoms with Crippen LogP contribution in [0.25, 0.3) is 0 Å². The van der Waals surface area contributed by atoms with Gasteiger partial charge in [0.1, 0.15) is 5.76 Å². The first kappa shape index (κ1) is 17.5. The summed E-state index contributed by atoms with van der Waals surface area (Å²) in [5, 5.41) is 3.05. The third-order valence-corrected chi connectivity index (χ3v) is 4.88. The van der Waals surface area contributed by atoms with Crippen molar-refractivity contribution < 1.29 is 9.21 Å². The zero-order chi connectivity index (χ0) is 17.8. The van der Waals surface area contributed by atoms with Gasteiger partial charge in [-0.1, -0.05) is 0 Å². The van der Waals surface area contributed by atoms with Crippen LogP contribution in [0.4, 0.5) is 5.95 Å². The number of aromatic nitrogens is 2. The monoisotopic (exact) mass is 342 g/mol. The number of rotatable bonds is 6. The van der Waals surface area contributed by atoms with Crippen LogP contribution >= 0.6 is 0 Å². The number of carbonyl (C=O) groups is 1. The normalized spacial score (nSPS) is 17.6. The summed E-state index contributed by atoms with van der Waals surface area (Å²) in [7, 11) is 0. The average molecular weight is 342 g/mol. The van der Waals surface area contributed by atoms with Crippen LogP contribution in [0.2, 0.25) is 0 Å². The molecule has 2 heterocycles. The van der Waals surface area contributed by atoms with Crippen LogP contribution in [0.1, 0.15) is 50.3 Å². The van der Waals surface area contributed by atoms with Crippen molar-refractivity contribution in [1.82, 2.24) is 15.3 Å². The lowest BCUT2D eigenvalue weighted by Gasteiger charge is -2.26. The van der Waals surface area contributed by atoms with Gasteiger partial charge in [0.25, 0.3) is 0 Å². The number of hydrogen-bond donors (Lipinski definition) is 1. The minimum atomic E-state index is -0.120. The van der Waals surface area contributed by atoms with Gasteiger partial charge < -0.3 is 14.6 Å². The summed E-state index contributed by atoms with van der Waals surface area (Å²) in [6.45, 7) is 7.93. The van der Waals surface area contributed by atoms with Crippen LogP contribution in [-0.2, 0) is 17.6 Å². The van der Waals surface area contributed by atoms with E-state index in [-0.39, 0.29) is 17.9 Å². The number of furan rings is 1. The van der Waals surface area contributed by atoms with Crippen LogP contribution in [0.3, 0.4) is 0 Å². The maximum absolute atomic E-state index is 12.6. The maximum atomic E-state index is 12.6. The van der Waals surface area contributed by atoms with Crippen molar-refractivity contribution in [3.05, 3.63) is 41.6 Å².